The molecule has 0 saturated carbocycles. The lowest BCUT2D eigenvalue weighted by Gasteiger charge is -2.10. The Morgan fingerprint density at radius 1 is 0.706 bits per heavy atom. The van der Waals surface area contributed by atoms with Gasteiger partial charge in [0, 0.05) is 21.3 Å². The van der Waals surface area contributed by atoms with Crippen LogP contribution in [-0.2, 0) is 0 Å². The predicted molar refractivity (Wildman–Crippen MR) is 133 cm³/mol. The predicted octanol–water partition coefficient (Wildman–Crippen LogP) is 6.06. The number of rotatable bonds is 4. The third-order valence-corrected chi connectivity index (χ3v) is 5.21. The van der Waals surface area contributed by atoms with Crippen molar-refractivity contribution in [3.8, 4) is 0 Å². The first-order chi connectivity index (χ1) is 16.2. The van der Waals surface area contributed by atoms with Gasteiger partial charge in [0.1, 0.15) is 0 Å². The van der Waals surface area contributed by atoms with Gasteiger partial charge in [0.2, 0.25) is 0 Å². The SMILES string of the molecule is Nc1ccc(Cl)cc1C(=O)O.O=C(O)c1cc(Cl)ccc1NC(=O)c1cccc2ccccc12. The van der Waals surface area contributed by atoms with Gasteiger partial charge < -0.3 is 21.3 Å². The number of fused-ring (bicyclic) bond motifs is 1. The Morgan fingerprint density at radius 2 is 1.29 bits per heavy atom. The van der Waals surface area contributed by atoms with Crippen molar-refractivity contribution in [2.24, 2.45) is 0 Å². The van der Waals surface area contributed by atoms with Gasteiger partial charge in [-0.25, -0.2) is 9.59 Å². The highest BCUT2D eigenvalue weighted by Gasteiger charge is 2.15. The average molecular weight is 497 g/mol. The molecule has 0 unspecified atom stereocenters. The lowest BCUT2D eigenvalue weighted by Crippen LogP contribution is -2.15. The number of benzene rings is 4. The molecular formula is C25H18Cl2N2O5. The minimum Gasteiger partial charge on any atom is -0.478 e. The van der Waals surface area contributed by atoms with Crippen LogP contribution in [0.2, 0.25) is 10.0 Å². The lowest BCUT2D eigenvalue weighted by molar-refractivity contribution is 0.0687. The van der Waals surface area contributed by atoms with Gasteiger partial charge >= 0.3 is 11.9 Å². The number of carbonyl (C=O) groups excluding carboxylic acids is 1. The van der Waals surface area contributed by atoms with Gasteiger partial charge in [0.05, 0.1) is 16.8 Å². The molecule has 0 heterocycles. The van der Waals surface area contributed by atoms with Crippen LogP contribution in [-0.4, -0.2) is 28.1 Å². The molecule has 7 nitrogen and oxygen atoms in total. The van der Waals surface area contributed by atoms with Gasteiger partial charge in [-0.05, 0) is 53.2 Å². The molecule has 0 radical (unpaired) electrons. The lowest BCUT2D eigenvalue weighted by atomic mass is 10.0. The first-order valence-corrected chi connectivity index (χ1v) is 10.5. The maximum atomic E-state index is 12.6. The van der Waals surface area contributed by atoms with E-state index in [4.69, 9.17) is 34.0 Å². The minimum absolute atomic E-state index is 0.0394. The smallest absolute Gasteiger partial charge is 0.337 e. The third-order valence-electron chi connectivity index (χ3n) is 4.74. The molecular weight excluding hydrogens is 479 g/mol. The van der Waals surface area contributed by atoms with E-state index in [0.29, 0.717) is 15.6 Å². The van der Waals surface area contributed by atoms with E-state index in [1.807, 2.05) is 30.3 Å². The van der Waals surface area contributed by atoms with Crippen molar-refractivity contribution in [1.29, 1.82) is 0 Å². The summed E-state index contributed by atoms with van der Waals surface area (Å²) in [5.41, 5.74) is 6.25. The molecule has 0 saturated heterocycles. The third kappa shape index (κ3) is 5.83. The highest BCUT2D eigenvalue weighted by molar-refractivity contribution is 6.31. The van der Waals surface area contributed by atoms with Gasteiger partial charge in [-0.3, -0.25) is 4.79 Å². The van der Waals surface area contributed by atoms with Crippen molar-refractivity contribution in [3.63, 3.8) is 0 Å². The van der Waals surface area contributed by atoms with Crippen molar-refractivity contribution in [3.05, 3.63) is 106 Å². The standard InChI is InChI=1S/C18H12ClNO3.C7H6ClNO2/c19-12-8-9-16(15(10-12)18(22)23)20-17(21)14-7-3-5-11-4-1-2-6-13(11)14;8-4-1-2-6(9)5(3-4)7(10)11/h1-10H,(H,20,21)(H,22,23);1-3H,9H2,(H,10,11). The van der Waals surface area contributed by atoms with Gasteiger partial charge in [0.25, 0.3) is 5.91 Å². The normalized spacial score (nSPS) is 10.2. The van der Waals surface area contributed by atoms with E-state index < -0.39 is 11.9 Å². The number of carboxylic acid groups (broad SMARTS) is 2. The number of carbonyl (C=O) groups is 3. The van der Waals surface area contributed by atoms with Crippen LogP contribution in [0.3, 0.4) is 0 Å². The van der Waals surface area contributed by atoms with Gasteiger partial charge in [-0.2, -0.15) is 0 Å². The maximum Gasteiger partial charge on any atom is 0.337 e. The van der Waals surface area contributed by atoms with E-state index in [0.717, 1.165) is 10.8 Å². The number of halogens is 2. The fraction of sp³-hybridized carbons (Fsp3) is 0. The zero-order chi connectivity index (χ0) is 24.8. The second kappa shape index (κ2) is 10.7. The van der Waals surface area contributed by atoms with Crippen LogP contribution in [0.15, 0.2) is 78.9 Å². The summed E-state index contributed by atoms with van der Waals surface area (Å²) in [6.45, 7) is 0. The summed E-state index contributed by atoms with van der Waals surface area (Å²) >= 11 is 11.4. The number of anilines is 2. The van der Waals surface area contributed by atoms with E-state index in [1.54, 1.807) is 18.2 Å². The molecule has 0 atom stereocenters. The molecule has 1 amide bonds. The molecule has 0 aliphatic heterocycles. The summed E-state index contributed by atoms with van der Waals surface area (Å²) in [7, 11) is 0. The average Bonchev–Trinajstić information content (AvgIpc) is 2.81. The zero-order valence-corrected chi connectivity index (χ0v) is 19.0. The van der Waals surface area contributed by atoms with Gasteiger partial charge in [-0.1, -0.05) is 59.6 Å². The Balaban J connectivity index is 0.000000248. The fourth-order valence-corrected chi connectivity index (χ4v) is 3.47. The Kier molecular flexibility index (Phi) is 7.73. The molecule has 172 valence electrons. The molecule has 0 fully saturated rings. The van der Waals surface area contributed by atoms with Crippen molar-refractivity contribution in [2.75, 3.05) is 11.1 Å². The Bertz CT molecular complexity index is 1400. The quantitative estimate of drug-likeness (QED) is 0.254. The van der Waals surface area contributed by atoms with Crippen LogP contribution in [0.1, 0.15) is 31.1 Å². The van der Waals surface area contributed by atoms with E-state index in [9.17, 15) is 19.5 Å². The molecule has 4 aromatic carbocycles. The number of nitrogens with two attached hydrogens (primary N) is 1. The first kappa shape index (κ1) is 24.6. The Labute approximate surface area is 204 Å². The van der Waals surface area contributed by atoms with E-state index in [2.05, 4.69) is 5.32 Å². The summed E-state index contributed by atoms with van der Waals surface area (Å²) in [6.07, 6.45) is 0. The van der Waals surface area contributed by atoms with Crippen LogP contribution in [0.4, 0.5) is 11.4 Å². The number of aromatic carboxylic acids is 2. The van der Waals surface area contributed by atoms with Crippen LogP contribution >= 0.6 is 23.2 Å². The highest BCUT2D eigenvalue weighted by atomic mass is 35.5. The van der Waals surface area contributed by atoms with Crippen molar-refractivity contribution in [1.82, 2.24) is 0 Å². The molecule has 4 rings (SSSR count). The molecule has 0 spiro atoms. The van der Waals surface area contributed by atoms with Crippen LogP contribution in [0.25, 0.3) is 10.8 Å². The summed E-state index contributed by atoms with van der Waals surface area (Å²) in [5, 5.41) is 22.8. The first-order valence-electron chi connectivity index (χ1n) is 9.77. The largest absolute Gasteiger partial charge is 0.478 e. The minimum atomic E-state index is -1.15. The second-order valence-electron chi connectivity index (χ2n) is 7.01. The Hall–Kier alpha value is -4.07. The number of carboxylic acids is 2. The number of nitrogen functional groups attached to an aromatic ring is 1. The highest BCUT2D eigenvalue weighted by Crippen LogP contribution is 2.24. The summed E-state index contributed by atoms with van der Waals surface area (Å²) in [6, 6.07) is 21.6. The number of hydrogen-bond donors (Lipinski definition) is 4. The number of hydrogen-bond acceptors (Lipinski definition) is 4. The maximum absolute atomic E-state index is 12.6. The Morgan fingerprint density at radius 3 is 1.94 bits per heavy atom. The molecule has 4 aromatic rings. The summed E-state index contributed by atoms with van der Waals surface area (Å²) < 4.78 is 0. The van der Waals surface area contributed by atoms with Crippen LogP contribution in [0, 0.1) is 0 Å². The second-order valence-corrected chi connectivity index (χ2v) is 7.89. The summed E-state index contributed by atoms with van der Waals surface area (Å²) in [5.74, 6) is -2.59. The molecule has 0 aliphatic carbocycles. The molecule has 5 N–H and O–H groups in total. The van der Waals surface area contributed by atoms with E-state index in [-0.39, 0.29) is 28.4 Å². The van der Waals surface area contributed by atoms with Crippen LogP contribution < -0.4 is 11.1 Å². The van der Waals surface area contributed by atoms with Crippen molar-refractivity contribution in [2.45, 2.75) is 0 Å². The number of nitrogens with one attached hydrogen (secondary N) is 1. The summed E-state index contributed by atoms with van der Waals surface area (Å²) in [4.78, 5) is 34.3. The molecule has 34 heavy (non-hydrogen) atoms. The molecule has 0 aliphatic rings. The van der Waals surface area contributed by atoms with Gasteiger partial charge in [-0.15, -0.1) is 0 Å². The molecule has 0 aromatic heterocycles. The van der Waals surface area contributed by atoms with Crippen LogP contribution in [0.5, 0.6) is 0 Å². The monoisotopic (exact) mass is 496 g/mol. The topological polar surface area (TPSA) is 130 Å². The van der Waals surface area contributed by atoms with Crippen molar-refractivity contribution < 1.29 is 24.6 Å². The van der Waals surface area contributed by atoms with Crippen molar-refractivity contribution >= 4 is 63.2 Å². The number of amides is 1. The van der Waals surface area contributed by atoms with Gasteiger partial charge in [0.15, 0.2) is 0 Å². The van der Waals surface area contributed by atoms with E-state index >= 15 is 0 Å². The molecule has 9 heteroatoms. The van der Waals surface area contributed by atoms with E-state index in [1.165, 1.54) is 30.3 Å². The fourth-order valence-electron chi connectivity index (χ4n) is 3.13. The molecule has 0 bridgehead atoms. The zero-order valence-electron chi connectivity index (χ0n) is 17.5.